The molecule has 294 valence electrons. The topological polar surface area (TPSA) is 250 Å². The van der Waals surface area contributed by atoms with E-state index in [1.54, 1.807) is 26.8 Å². The number of fused-ring (bicyclic) bond motifs is 2. The van der Waals surface area contributed by atoms with E-state index in [1.807, 2.05) is 0 Å². The van der Waals surface area contributed by atoms with E-state index in [4.69, 9.17) is 43.0 Å². The fourth-order valence-corrected chi connectivity index (χ4v) is 5.81. The Labute approximate surface area is 301 Å². The molecule has 2 aromatic rings. The van der Waals surface area contributed by atoms with Gasteiger partial charge in [-0.25, -0.2) is 4.79 Å². The summed E-state index contributed by atoms with van der Waals surface area (Å²) in [6.07, 6.45) is -9.48. The second-order valence-electron chi connectivity index (χ2n) is 12.7. The first-order chi connectivity index (χ1) is 24.6. The first kappa shape index (κ1) is 43.2. The molecule has 0 saturated carbocycles. The van der Waals surface area contributed by atoms with Crippen molar-refractivity contribution in [1.29, 1.82) is 0 Å². The molecular weight excluding hydrogens is 692 g/mol. The molecule has 0 spiro atoms. The maximum absolute atomic E-state index is 14.0. The van der Waals surface area contributed by atoms with Gasteiger partial charge in [0.2, 0.25) is 0 Å². The number of phenols is 2. The second-order valence-corrected chi connectivity index (χ2v) is 12.7. The number of carbonyl (C=O) groups excluding carboxylic acids is 1. The summed E-state index contributed by atoms with van der Waals surface area (Å²) in [5, 5.41) is 71.9. The maximum atomic E-state index is 14.0. The molecule has 0 radical (unpaired) electrons. The summed E-state index contributed by atoms with van der Waals surface area (Å²) in [6, 6.07) is 3.06. The number of aromatic hydroxyl groups is 2. The monoisotopic (exact) mass is 744 g/mol. The van der Waals surface area contributed by atoms with Crippen molar-refractivity contribution in [2.75, 3.05) is 47.6 Å². The van der Waals surface area contributed by atoms with Crippen molar-refractivity contribution in [2.24, 2.45) is 5.92 Å². The average molecular weight is 745 g/mol. The molecule has 52 heavy (non-hydrogen) atoms. The summed E-state index contributed by atoms with van der Waals surface area (Å²) < 4.78 is 43.7. The second kappa shape index (κ2) is 19.8. The molecule has 0 aliphatic heterocycles. The molecule has 0 fully saturated rings. The lowest BCUT2D eigenvalue weighted by molar-refractivity contribution is -0.209. The van der Waals surface area contributed by atoms with E-state index in [-0.39, 0.29) is 72.2 Å². The van der Waals surface area contributed by atoms with Crippen molar-refractivity contribution in [1.82, 2.24) is 0 Å². The molecule has 17 heteroatoms. The highest BCUT2D eigenvalue weighted by molar-refractivity contribution is 6.11. The zero-order valence-corrected chi connectivity index (χ0v) is 30.4. The van der Waals surface area contributed by atoms with Crippen molar-refractivity contribution in [3.63, 3.8) is 0 Å². The van der Waals surface area contributed by atoms with E-state index < -0.39 is 85.1 Å². The van der Waals surface area contributed by atoms with Gasteiger partial charge in [-0.15, -0.1) is 0 Å². The van der Waals surface area contributed by atoms with Crippen LogP contribution in [0.15, 0.2) is 12.1 Å². The normalized spacial score (nSPS) is 20.8. The summed E-state index contributed by atoms with van der Waals surface area (Å²) in [5.74, 6) is -3.89. The number of aliphatic hydroxyl groups is 4. The van der Waals surface area contributed by atoms with E-state index in [9.17, 15) is 40.2 Å². The number of rotatable bonds is 22. The molecule has 10 atom stereocenters. The van der Waals surface area contributed by atoms with E-state index >= 15 is 0 Å². The number of hydrogen-bond acceptors (Lipinski definition) is 16. The van der Waals surface area contributed by atoms with Crippen molar-refractivity contribution in [3.05, 3.63) is 28.8 Å². The van der Waals surface area contributed by atoms with Gasteiger partial charge < -0.3 is 73.6 Å². The Kier molecular flexibility index (Phi) is 16.4. The lowest BCUT2D eigenvalue weighted by Gasteiger charge is -2.37. The largest absolute Gasteiger partial charge is 0.507 e. The quantitative estimate of drug-likeness (QED) is 0.0656. The molecule has 2 aromatic carbocycles. The van der Waals surface area contributed by atoms with E-state index in [2.05, 4.69) is 0 Å². The van der Waals surface area contributed by atoms with Gasteiger partial charge >= 0.3 is 5.97 Å². The third-order valence-corrected chi connectivity index (χ3v) is 9.04. The molecule has 1 aliphatic rings. The van der Waals surface area contributed by atoms with Crippen LogP contribution < -0.4 is 4.74 Å². The van der Waals surface area contributed by atoms with Gasteiger partial charge in [-0.3, -0.25) is 4.79 Å². The van der Waals surface area contributed by atoms with Crippen molar-refractivity contribution < 1.29 is 83.2 Å². The lowest BCUT2D eigenvalue weighted by atomic mass is 9.76. The highest BCUT2D eigenvalue weighted by Gasteiger charge is 2.46. The third-order valence-electron chi connectivity index (χ3n) is 9.04. The number of carboxylic acid groups (broad SMARTS) is 1. The molecule has 3 rings (SSSR count). The fraction of sp³-hybridized carbons (Fsp3) is 0.657. The predicted octanol–water partition coefficient (Wildman–Crippen LogP) is 0.992. The number of methoxy groups -OCH3 is 2. The third kappa shape index (κ3) is 10.5. The van der Waals surface area contributed by atoms with Gasteiger partial charge in [-0.05, 0) is 64.1 Å². The molecule has 0 amide bonds. The Morgan fingerprint density at radius 1 is 0.904 bits per heavy atom. The molecule has 0 bridgehead atoms. The van der Waals surface area contributed by atoms with Crippen LogP contribution in [0, 0.1) is 12.8 Å². The minimum absolute atomic E-state index is 0.0185. The van der Waals surface area contributed by atoms with Crippen LogP contribution in [0.3, 0.4) is 0 Å². The SMILES string of the molecule is COC[C@H](O)C(C)O[C@H](C)O[C@@H]1C(=O)c2c(cc3cc(OCOC(C)[C@@H](O)COCOC(C)[C@@H](O)CO)c(C)c(O)c3c2O)C[C@H]1[C@H](OC)C(=O)O. The molecular formula is C35H52O17. The Morgan fingerprint density at radius 3 is 2.15 bits per heavy atom. The number of ketones is 1. The summed E-state index contributed by atoms with van der Waals surface area (Å²) in [4.78, 5) is 26.2. The Morgan fingerprint density at radius 2 is 1.54 bits per heavy atom. The Bertz CT molecular complexity index is 1480. The van der Waals surface area contributed by atoms with Gasteiger partial charge in [-0.1, -0.05) is 0 Å². The number of aliphatic hydroxyl groups excluding tert-OH is 4. The van der Waals surface area contributed by atoms with E-state index in [0.29, 0.717) is 0 Å². The van der Waals surface area contributed by atoms with Crippen LogP contribution in [0.5, 0.6) is 17.2 Å². The van der Waals surface area contributed by atoms with E-state index in [0.717, 1.165) is 0 Å². The molecule has 0 saturated heterocycles. The van der Waals surface area contributed by atoms with Crippen LogP contribution in [0.4, 0.5) is 0 Å². The summed E-state index contributed by atoms with van der Waals surface area (Å²) in [7, 11) is 2.61. The summed E-state index contributed by atoms with van der Waals surface area (Å²) >= 11 is 0. The maximum Gasteiger partial charge on any atom is 0.333 e. The summed E-state index contributed by atoms with van der Waals surface area (Å²) in [6.45, 7) is 6.49. The number of carbonyl (C=O) groups is 2. The van der Waals surface area contributed by atoms with Gasteiger partial charge in [0.05, 0.1) is 49.1 Å². The van der Waals surface area contributed by atoms with Crippen LogP contribution >= 0.6 is 0 Å². The zero-order valence-electron chi connectivity index (χ0n) is 30.4. The van der Waals surface area contributed by atoms with Gasteiger partial charge in [-0.2, -0.15) is 0 Å². The number of Topliss-reactive ketones (excluding diaryl/α,β-unsaturated/α-hetero) is 1. The minimum atomic E-state index is -1.48. The van der Waals surface area contributed by atoms with Crippen LogP contribution in [-0.2, 0) is 44.4 Å². The van der Waals surface area contributed by atoms with E-state index in [1.165, 1.54) is 34.1 Å². The van der Waals surface area contributed by atoms with Crippen LogP contribution in [-0.4, -0.2) is 150 Å². The van der Waals surface area contributed by atoms with Gasteiger partial charge in [0.1, 0.15) is 48.5 Å². The average Bonchev–Trinajstić information content (AvgIpc) is 3.09. The van der Waals surface area contributed by atoms with Crippen molar-refractivity contribution in [2.45, 2.75) is 96.2 Å². The molecule has 1 aliphatic carbocycles. The van der Waals surface area contributed by atoms with Gasteiger partial charge in [0.15, 0.2) is 25.0 Å². The molecule has 3 unspecified atom stereocenters. The van der Waals surface area contributed by atoms with Gasteiger partial charge in [0.25, 0.3) is 0 Å². The van der Waals surface area contributed by atoms with Crippen molar-refractivity contribution >= 4 is 22.5 Å². The molecule has 0 aromatic heterocycles. The Hall–Kier alpha value is -3.20. The lowest BCUT2D eigenvalue weighted by Crippen LogP contribution is -2.49. The fourth-order valence-electron chi connectivity index (χ4n) is 5.81. The molecule has 7 N–H and O–H groups in total. The van der Waals surface area contributed by atoms with Crippen LogP contribution in [0.2, 0.25) is 0 Å². The highest BCUT2D eigenvalue weighted by atomic mass is 16.7. The standard InChI is InChI=1S/C35H52O17/c1-16-27(50-15-49-18(3)26(39)13-47-14-48-17(2)24(37)11-36)10-22-8-21-9-23(34(46-7)35(43)44)33(32(42)29(21)31(41)28(22)30(16)40)52-20(5)51-19(4)25(38)12-45-6/h8,10,17-20,23-26,33-34,36-41H,9,11-15H2,1-7H3,(H,43,44)/t17?,18?,19?,20-,23+,24-,25-,26-,33-,34-/m0/s1. The number of phenolic OH excluding ortho intramolecular Hbond substituents is 2. The first-order valence-electron chi connectivity index (χ1n) is 16.8. The van der Waals surface area contributed by atoms with Crippen molar-refractivity contribution in [3.8, 4) is 17.2 Å². The number of aliphatic carboxylic acids is 1. The van der Waals surface area contributed by atoms with Gasteiger partial charge in [0, 0.05) is 25.7 Å². The first-order valence-corrected chi connectivity index (χ1v) is 16.8. The number of ether oxygens (including phenoxy) is 8. The predicted molar refractivity (Wildman–Crippen MR) is 181 cm³/mol. The summed E-state index contributed by atoms with van der Waals surface area (Å²) in [5.41, 5.74) is 0.339. The zero-order chi connectivity index (χ0) is 38.9. The smallest absolute Gasteiger partial charge is 0.333 e. The number of hydrogen-bond donors (Lipinski definition) is 7. The van der Waals surface area contributed by atoms with Crippen LogP contribution in [0.25, 0.3) is 10.8 Å². The molecule has 0 heterocycles. The number of benzene rings is 2. The van der Waals surface area contributed by atoms with Crippen LogP contribution in [0.1, 0.15) is 49.2 Å². The Balaban J connectivity index is 1.81. The minimum Gasteiger partial charge on any atom is -0.507 e. The molecule has 17 nitrogen and oxygen atoms in total. The number of carboxylic acids is 1. The highest BCUT2D eigenvalue weighted by Crippen LogP contribution is 2.46.